The SMILES string of the molecule is N#Cc1ccc(-n2c3ccccc3c3ccccc32)c(-c2c(-n3c4ccccc4c4ccccc43)cccc2C(F)(F)F)c1. The molecule has 0 N–H and O–H groups in total. The number of benzene rings is 6. The van der Waals surface area contributed by atoms with Gasteiger partial charge in [-0.3, -0.25) is 0 Å². The zero-order chi connectivity index (χ0) is 30.0. The monoisotopic (exact) mass is 577 g/mol. The van der Waals surface area contributed by atoms with Crippen LogP contribution in [-0.4, -0.2) is 9.13 Å². The van der Waals surface area contributed by atoms with Gasteiger partial charge in [0.2, 0.25) is 0 Å². The maximum atomic E-state index is 15.1. The molecular weight excluding hydrogens is 555 g/mol. The fourth-order valence-electron chi connectivity index (χ4n) is 6.61. The van der Waals surface area contributed by atoms with Gasteiger partial charge in [-0.25, -0.2) is 0 Å². The van der Waals surface area contributed by atoms with Crippen LogP contribution >= 0.6 is 0 Å². The van der Waals surface area contributed by atoms with Crippen LogP contribution in [0.15, 0.2) is 133 Å². The lowest BCUT2D eigenvalue weighted by atomic mass is 9.93. The average molecular weight is 578 g/mol. The molecule has 8 rings (SSSR count). The van der Waals surface area contributed by atoms with Gasteiger partial charge in [-0.15, -0.1) is 0 Å². The molecule has 0 saturated carbocycles. The molecule has 0 spiro atoms. The summed E-state index contributed by atoms with van der Waals surface area (Å²) in [5.41, 5.74) is 4.09. The van der Waals surface area contributed by atoms with E-state index in [0.717, 1.165) is 49.7 Å². The van der Waals surface area contributed by atoms with Crippen LogP contribution in [0.25, 0.3) is 66.1 Å². The van der Waals surface area contributed by atoms with Crippen LogP contribution in [-0.2, 0) is 6.18 Å². The Balaban J connectivity index is 1.56. The minimum absolute atomic E-state index is 0.0143. The van der Waals surface area contributed by atoms with Crippen molar-refractivity contribution in [3.8, 4) is 28.6 Å². The van der Waals surface area contributed by atoms with Crippen molar-refractivity contribution in [3.63, 3.8) is 0 Å². The molecule has 0 aliphatic rings. The van der Waals surface area contributed by atoms with Gasteiger partial charge in [0.15, 0.2) is 0 Å². The van der Waals surface area contributed by atoms with Crippen LogP contribution in [0.5, 0.6) is 0 Å². The third-order valence-corrected chi connectivity index (χ3v) is 8.38. The van der Waals surface area contributed by atoms with E-state index in [0.29, 0.717) is 16.9 Å². The van der Waals surface area contributed by atoms with Crippen molar-refractivity contribution in [2.24, 2.45) is 0 Å². The van der Waals surface area contributed by atoms with Gasteiger partial charge in [0.25, 0.3) is 0 Å². The van der Waals surface area contributed by atoms with Gasteiger partial charge >= 0.3 is 6.18 Å². The van der Waals surface area contributed by atoms with Crippen molar-refractivity contribution in [2.75, 3.05) is 0 Å². The molecule has 0 fully saturated rings. The number of nitriles is 1. The van der Waals surface area contributed by atoms with E-state index in [1.807, 2.05) is 106 Å². The van der Waals surface area contributed by atoms with Crippen molar-refractivity contribution in [1.82, 2.24) is 9.13 Å². The second-order valence-corrected chi connectivity index (χ2v) is 10.8. The zero-order valence-corrected chi connectivity index (χ0v) is 23.2. The third kappa shape index (κ3) is 3.76. The van der Waals surface area contributed by atoms with Gasteiger partial charge in [-0.2, -0.15) is 18.4 Å². The lowest BCUT2D eigenvalue weighted by Crippen LogP contribution is -2.11. The first-order chi connectivity index (χ1) is 21.5. The molecule has 8 aromatic rings. The largest absolute Gasteiger partial charge is 0.417 e. The quantitative estimate of drug-likeness (QED) is 0.206. The van der Waals surface area contributed by atoms with Crippen molar-refractivity contribution in [3.05, 3.63) is 145 Å². The molecule has 210 valence electrons. The normalized spacial score (nSPS) is 12.0. The zero-order valence-electron chi connectivity index (χ0n) is 23.2. The molecule has 0 radical (unpaired) electrons. The highest BCUT2D eigenvalue weighted by Crippen LogP contribution is 2.46. The van der Waals surface area contributed by atoms with Crippen LogP contribution in [0.4, 0.5) is 13.2 Å². The first-order valence-electron chi connectivity index (χ1n) is 14.2. The number of hydrogen-bond donors (Lipinski definition) is 0. The van der Waals surface area contributed by atoms with Gasteiger partial charge in [0.05, 0.1) is 50.6 Å². The molecule has 0 aliphatic heterocycles. The fourth-order valence-corrected chi connectivity index (χ4v) is 6.61. The molecule has 44 heavy (non-hydrogen) atoms. The second-order valence-electron chi connectivity index (χ2n) is 10.8. The van der Waals surface area contributed by atoms with Gasteiger partial charge in [-0.05, 0) is 54.6 Å². The second kappa shape index (κ2) is 9.62. The van der Waals surface area contributed by atoms with Gasteiger partial charge in [-0.1, -0.05) is 78.9 Å². The van der Waals surface area contributed by atoms with E-state index >= 15 is 13.2 Å². The van der Waals surface area contributed by atoms with Crippen LogP contribution in [0.2, 0.25) is 0 Å². The van der Waals surface area contributed by atoms with Crippen LogP contribution in [0.1, 0.15) is 11.1 Å². The van der Waals surface area contributed by atoms with E-state index in [2.05, 4.69) is 6.07 Å². The maximum Gasteiger partial charge on any atom is 0.417 e. The Hall–Kier alpha value is -5.80. The number of alkyl halides is 3. The Morgan fingerprint density at radius 3 is 1.41 bits per heavy atom. The molecule has 0 atom stereocenters. The summed E-state index contributed by atoms with van der Waals surface area (Å²) in [7, 11) is 0. The number of fused-ring (bicyclic) bond motifs is 6. The summed E-state index contributed by atoms with van der Waals surface area (Å²) in [5.74, 6) is 0. The molecule has 0 unspecified atom stereocenters. The Morgan fingerprint density at radius 2 is 0.955 bits per heavy atom. The molecule has 0 bridgehead atoms. The predicted octanol–water partition coefficient (Wildman–Crippen LogP) is 10.4. The molecule has 6 aromatic carbocycles. The standard InChI is InChI=1S/C38H22F3N3/c39-38(40,41)30-14-9-19-36(44-33-17-7-3-12-27(33)28-13-4-8-18-34(28)44)37(30)29-22-24(23-42)20-21-35(29)43-31-15-5-1-10-25(31)26-11-2-6-16-32(26)43/h1-22H. The van der Waals surface area contributed by atoms with E-state index in [4.69, 9.17) is 0 Å². The number of halogens is 3. The average Bonchev–Trinajstić information content (AvgIpc) is 3.57. The van der Waals surface area contributed by atoms with Crippen molar-refractivity contribution in [1.29, 1.82) is 5.26 Å². The molecule has 6 heteroatoms. The lowest BCUT2D eigenvalue weighted by molar-refractivity contribution is -0.137. The van der Waals surface area contributed by atoms with E-state index < -0.39 is 11.7 Å². The van der Waals surface area contributed by atoms with Crippen LogP contribution < -0.4 is 0 Å². The highest BCUT2D eigenvalue weighted by molar-refractivity contribution is 6.11. The Bertz CT molecular complexity index is 2350. The molecule has 0 aliphatic carbocycles. The summed E-state index contributed by atoms with van der Waals surface area (Å²) in [6.07, 6.45) is -4.66. The van der Waals surface area contributed by atoms with Gasteiger partial charge < -0.3 is 9.13 Å². The number of hydrogen-bond acceptors (Lipinski definition) is 1. The maximum absolute atomic E-state index is 15.1. The fraction of sp³-hybridized carbons (Fsp3) is 0.0263. The third-order valence-electron chi connectivity index (χ3n) is 8.38. The van der Waals surface area contributed by atoms with Gasteiger partial charge in [0.1, 0.15) is 0 Å². The van der Waals surface area contributed by atoms with Crippen molar-refractivity contribution in [2.45, 2.75) is 6.18 Å². The molecule has 0 saturated heterocycles. The number of nitrogens with zero attached hydrogens (tertiary/aromatic N) is 3. The number of aromatic nitrogens is 2. The summed E-state index contributed by atoms with van der Waals surface area (Å²) >= 11 is 0. The van der Waals surface area contributed by atoms with Gasteiger partial charge in [0, 0.05) is 32.7 Å². The van der Waals surface area contributed by atoms with E-state index in [9.17, 15) is 5.26 Å². The minimum atomic E-state index is -4.66. The first-order valence-corrected chi connectivity index (χ1v) is 14.2. The highest BCUT2D eigenvalue weighted by atomic mass is 19.4. The van der Waals surface area contributed by atoms with Crippen molar-refractivity contribution >= 4 is 43.6 Å². The predicted molar refractivity (Wildman–Crippen MR) is 170 cm³/mol. The lowest BCUT2D eigenvalue weighted by Gasteiger charge is -2.22. The first kappa shape index (κ1) is 25.9. The molecule has 0 amide bonds. The Kier molecular flexibility index (Phi) is 5.65. The van der Waals surface area contributed by atoms with E-state index in [1.165, 1.54) is 6.07 Å². The Morgan fingerprint density at radius 1 is 0.500 bits per heavy atom. The number of rotatable bonds is 3. The van der Waals surface area contributed by atoms with Crippen molar-refractivity contribution < 1.29 is 13.2 Å². The smallest absolute Gasteiger partial charge is 0.309 e. The summed E-state index contributed by atoms with van der Waals surface area (Å²) in [6, 6.07) is 42.7. The highest BCUT2D eigenvalue weighted by Gasteiger charge is 2.36. The molecule has 2 aromatic heterocycles. The minimum Gasteiger partial charge on any atom is -0.309 e. The summed E-state index contributed by atoms with van der Waals surface area (Å²) in [4.78, 5) is 0. The number of para-hydroxylation sites is 4. The van der Waals surface area contributed by atoms with Crippen LogP contribution in [0, 0.1) is 11.3 Å². The summed E-state index contributed by atoms with van der Waals surface area (Å²) < 4.78 is 49.1. The summed E-state index contributed by atoms with van der Waals surface area (Å²) in [6.45, 7) is 0. The van der Waals surface area contributed by atoms with Crippen LogP contribution in [0.3, 0.4) is 0 Å². The molecule has 2 heterocycles. The topological polar surface area (TPSA) is 33.6 Å². The summed E-state index contributed by atoms with van der Waals surface area (Å²) in [5, 5.41) is 13.8. The van der Waals surface area contributed by atoms with E-state index in [-0.39, 0.29) is 11.1 Å². The molecular formula is C38H22F3N3. The Labute approximate surface area is 250 Å². The molecule has 3 nitrogen and oxygen atoms in total. The van der Waals surface area contributed by atoms with E-state index in [1.54, 1.807) is 24.3 Å².